The molecule has 20 heavy (non-hydrogen) atoms. The average molecular weight is 296 g/mol. The summed E-state index contributed by atoms with van der Waals surface area (Å²) in [5.74, 6) is -0.600. The Morgan fingerprint density at radius 3 is 2.55 bits per heavy atom. The number of hydrogen-bond donors (Lipinski definition) is 0. The van der Waals surface area contributed by atoms with E-state index in [4.69, 9.17) is 9.47 Å². The maximum atomic E-state index is 12.2. The zero-order valence-electron chi connectivity index (χ0n) is 12.0. The lowest BCUT2D eigenvalue weighted by atomic mass is 10.2. The van der Waals surface area contributed by atoms with Crippen LogP contribution in [0.3, 0.4) is 0 Å². The van der Waals surface area contributed by atoms with E-state index in [0.717, 1.165) is 5.57 Å². The van der Waals surface area contributed by atoms with Gasteiger partial charge in [0.1, 0.15) is 6.10 Å². The first kappa shape index (κ1) is 15.2. The fraction of sp³-hybridized carbons (Fsp3) is 0.467. The molecule has 1 atom stereocenters. The third-order valence-electron chi connectivity index (χ3n) is 3.02. The Morgan fingerprint density at radius 2 is 2.00 bits per heavy atom. The highest BCUT2D eigenvalue weighted by atomic mass is 32.2. The van der Waals surface area contributed by atoms with Crippen LogP contribution in [0.4, 0.5) is 0 Å². The minimum atomic E-state index is -3.29. The lowest BCUT2D eigenvalue weighted by Gasteiger charge is -2.16. The molecular formula is C15H20O4S. The zero-order valence-corrected chi connectivity index (χ0v) is 12.8. The van der Waals surface area contributed by atoms with Crippen LogP contribution in [0, 0.1) is 0 Å². The van der Waals surface area contributed by atoms with Crippen LogP contribution in [0.25, 0.3) is 0 Å². The Hall–Kier alpha value is -1.17. The number of hydrogen-bond acceptors (Lipinski definition) is 4. The molecule has 1 aromatic rings. The van der Waals surface area contributed by atoms with Gasteiger partial charge in [-0.15, -0.1) is 0 Å². The van der Waals surface area contributed by atoms with Crippen LogP contribution in [0.15, 0.2) is 46.9 Å². The zero-order chi connectivity index (χ0) is 14.8. The summed E-state index contributed by atoms with van der Waals surface area (Å²) in [5.41, 5.74) is 0.764. The normalized spacial score (nSPS) is 22.9. The van der Waals surface area contributed by atoms with Crippen molar-refractivity contribution < 1.29 is 17.9 Å². The summed E-state index contributed by atoms with van der Waals surface area (Å²) >= 11 is 0. The molecule has 110 valence electrons. The van der Waals surface area contributed by atoms with Gasteiger partial charge >= 0.3 is 0 Å². The molecule has 1 saturated heterocycles. The van der Waals surface area contributed by atoms with Crippen LogP contribution >= 0.6 is 0 Å². The lowest BCUT2D eigenvalue weighted by molar-refractivity contribution is -0.133. The third kappa shape index (κ3) is 3.91. The SMILES string of the molecule is C/C(=C\[C@H]1COC(C)(C)O1)CS(=O)(=O)c1ccccc1. The van der Waals surface area contributed by atoms with Crippen LogP contribution < -0.4 is 0 Å². The maximum Gasteiger partial charge on any atom is 0.182 e. The lowest BCUT2D eigenvalue weighted by Crippen LogP contribution is -2.21. The molecule has 0 bridgehead atoms. The van der Waals surface area contributed by atoms with Gasteiger partial charge in [0.2, 0.25) is 0 Å². The second kappa shape index (κ2) is 5.68. The molecule has 0 unspecified atom stereocenters. The molecule has 5 heteroatoms. The van der Waals surface area contributed by atoms with E-state index in [1.165, 1.54) is 0 Å². The van der Waals surface area contributed by atoms with Crippen LogP contribution in [0.2, 0.25) is 0 Å². The molecule has 0 saturated carbocycles. The summed E-state index contributed by atoms with van der Waals surface area (Å²) in [7, 11) is -3.29. The van der Waals surface area contributed by atoms with Gasteiger partial charge in [-0.3, -0.25) is 0 Å². The Kier molecular flexibility index (Phi) is 4.32. The van der Waals surface area contributed by atoms with Crippen molar-refractivity contribution in [2.24, 2.45) is 0 Å². The number of rotatable bonds is 4. The van der Waals surface area contributed by atoms with Gasteiger partial charge in [-0.1, -0.05) is 29.8 Å². The van der Waals surface area contributed by atoms with Crippen molar-refractivity contribution in [3.05, 3.63) is 42.0 Å². The van der Waals surface area contributed by atoms with Gasteiger partial charge in [0.15, 0.2) is 15.6 Å². The van der Waals surface area contributed by atoms with Gasteiger partial charge in [-0.2, -0.15) is 0 Å². The van der Waals surface area contributed by atoms with E-state index in [0.29, 0.717) is 11.5 Å². The molecule has 4 nitrogen and oxygen atoms in total. The van der Waals surface area contributed by atoms with E-state index < -0.39 is 15.6 Å². The van der Waals surface area contributed by atoms with Crippen molar-refractivity contribution in [2.45, 2.75) is 37.6 Å². The molecule has 0 amide bonds. The molecule has 0 aromatic heterocycles. The molecule has 0 aliphatic carbocycles. The van der Waals surface area contributed by atoms with E-state index in [2.05, 4.69) is 0 Å². The minimum Gasteiger partial charge on any atom is -0.347 e. The standard InChI is InChI=1S/C15H20O4S/c1-12(9-13-10-18-15(2,3)19-13)11-20(16,17)14-7-5-4-6-8-14/h4-9,13H,10-11H2,1-3H3/b12-9+/t13-/m0/s1. The fourth-order valence-electron chi connectivity index (χ4n) is 2.17. The highest BCUT2D eigenvalue weighted by molar-refractivity contribution is 7.91. The Labute approximate surface area is 120 Å². The molecular weight excluding hydrogens is 276 g/mol. The average Bonchev–Trinajstić information content (AvgIpc) is 2.69. The number of sulfone groups is 1. The molecule has 1 aliphatic rings. The fourth-order valence-corrected chi connectivity index (χ4v) is 3.61. The van der Waals surface area contributed by atoms with Crippen molar-refractivity contribution in [3.63, 3.8) is 0 Å². The molecule has 1 aliphatic heterocycles. The highest BCUT2D eigenvalue weighted by Crippen LogP contribution is 2.24. The van der Waals surface area contributed by atoms with Crippen molar-refractivity contribution in [1.29, 1.82) is 0 Å². The van der Waals surface area contributed by atoms with Gasteiger partial charge < -0.3 is 9.47 Å². The van der Waals surface area contributed by atoms with Gasteiger partial charge in [0.05, 0.1) is 17.3 Å². The predicted octanol–water partition coefficient (Wildman–Crippen LogP) is 2.56. The molecule has 0 spiro atoms. The Balaban J connectivity index is 2.06. The summed E-state index contributed by atoms with van der Waals surface area (Å²) in [6.07, 6.45) is 1.64. The first-order valence-corrected chi connectivity index (χ1v) is 8.21. The first-order valence-electron chi connectivity index (χ1n) is 6.55. The van der Waals surface area contributed by atoms with Crippen molar-refractivity contribution in [3.8, 4) is 0 Å². The van der Waals surface area contributed by atoms with E-state index in [1.54, 1.807) is 37.3 Å². The quantitative estimate of drug-likeness (QED) is 0.801. The number of ether oxygens (including phenoxy) is 2. The maximum absolute atomic E-state index is 12.2. The van der Waals surface area contributed by atoms with Gasteiger partial charge in [-0.05, 0) is 32.9 Å². The molecule has 1 heterocycles. The van der Waals surface area contributed by atoms with Crippen molar-refractivity contribution in [1.82, 2.24) is 0 Å². The summed E-state index contributed by atoms with van der Waals surface area (Å²) in [6.45, 7) is 5.94. The Bertz CT molecular complexity index is 588. The van der Waals surface area contributed by atoms with E-state index in [1.807, 2.05) is 19.9 Å². The van der Waals surface area contributed by atoms with Crippen LogP contribution in [0.1, 0.15) is 20.8 Å². The summed E-state index contributed by atoms with van der Waals surface area (Å²) in [4.78, 5) is 0.344. The van der Waals surface area contributed by atoms with Crippen molar-refractivity contribution in [2.75, 3.05) is 12.4 Å². The van der Waals surface area contributed by atoms with Crippen molar-refractivity contribution >= 4 is 9.84 Å². The number of benzene rings is 1. The second-order valence-corrected chi connectivity index (χ2v) is 7.44. The second-order valence-electron chi connectivity index (χ2n) is 5.45. The monoisotopic (exact) mass is 296 g/mol. The van der Waals surface area contributed by atoms with E-state index >= 15 is 0 Å². The van der Waals surface area contributed by atoms with Crippen LogP contribution in [-0.4, -0.2) is 32.7 Å². The van der Waals surface area contributed by atoms with Gasteiger partial charge in [0.25, 0.3) is 0 Å². The predicted molar refractivity (Wildman–Crippen MR) is 77.2 cm³/mol. The topological polar surface area (TPSA) is 52.6 Å². The smallest absolute Gasteiger partial charge is 0.182 e. The molecule has 0 N–H and O–H groups in total. The summed E-state index contributed by atoms with van der Waals surface area (Å²) in [6, 6.07) is 8.47. The highest BCUT2D eigenvalue weighted by Gasteiger charge is 2.31. The van der Waals surface area contributed by atoms with Crippen LogP contribution in [0.5, 0.6) is 0 Å². The van der Waals surface area contributed by atoms with Gasteiger partial charge in [-0.25, -0.2) is 8.42 Å². The molecule has 1 aromatic carbocycles. The van der Waals surface area contributed by atoms with Gasteiger partial charge in [0, 0.05) is 0 Å². The van der Waals surface area contributed by atoms with Crippen LogP contribution in [-0.2, 0) is 19.3 Å². The summed E-state index contributed by atoms with van der Waals surface area (Å²) < 4.78 is 35.6. The minimum absolute atomic E-state index is 0.00268. The molecule has 0 radical (unpaired) electrons. The third-order valence-corrected chi connectivity index (χ3v) is 4.85. The molecule has 1 fully saturated rings. The van der Waals surface area contributed by atoms with E-state index in [-0.39, 0.29) is 11.9 Å². The summed E-state index contributed by atoms with van der Waals surface area (Å²) in [5, 5.41) is 0. The van der Waals surface area contributed by atoms with E-state index in [9.17, 15) is 8.42 Å². The first-order chi connectivity index (χ1) is 9.28. The molecule has 2 rings (SSSR count). The Morgan fingerprint density at radius 1 is 1.35 bits per heavy atom. The largest absolute Gasteiger partial charge is 0.347 e.